The molecule has 0 spiro atoms. The third-order valence-corrected chi connectivity index (χ3v) is 1.60. The highest BCUT2D eigenvalue weighted by molar-refractivity contribution is 6.31. The minimum atomic E-state index is -0.856. The van der Waals surface area contributed by atoms with E-state index in [0.29, 0.717) is 6.54 Å². The summed E-state index contributed by atoms with van der Waals surface area (Å²) in [6.45, 7) is 3.61. The van der Waals surface area contributed by atoms with Crippen LogP contribution in [0.4, 0.5) is 5.95 Å². The van der Waals surface area contributed by atoms with Gasteiger partial charge in [-0.2, -0.15) is 15.0 Å². The van der Waals surface area contributed by atoms with E-state index in [2.05, 4.69) is 20.3 Å². The van der Waals surface area contributed by atoms with E-state index in [0.717, 1.165) is 0 Å². The lowest BCUT2D eigenvalue weighted by Crippen LogP contribution is -2.30. The second kappa shape index (κ2) is 4.25. The van der Waals surface area contributed by atoms with Crippen molar-refractivity contribution in [1.82, 2.24) is 15.0 Å². The maximum Gasteiger partial charge on any atom is 0.228 e. The molecule has 0 aromatic carbocycles. The number of nitrogens with one attached hydrogen (secondary N) is 1. The van der Waals surface area contributed by atoms with E-state index in [-0.39, 0.29) is 16.5 Å². The average molecular weight is 237 g/mol. The zero-order valence-corrected chi connectivity index (χ0v) is 9.26. The predicted octanol–water partition coefficient (Wildman–Crippen LogP) is 1.36. The Hall–Kier alpha value is -0.650. The van der Waals surface area contributed by atoms with Gasteiger partial charge in [0.05, 0.1) is 5.60 Å². The summed E-state index contributed by atoms with van der Waals surface area (Å²) in [7, 11) is 0. The van der Waals surface area contributed by atoms with Gasteiger partial charge in [0.2, 0.25) is 16.5 Å². The minimum Gasteiger partial charge on any atom is -0.389 e. The summed E-state index contributed by atoms with van der Waals surface area (Å²) in [5, 5.41) is 12.2. The number of hydrogen-bond donors (Lipinski definition) is 2. The summed E-state index contributed by atoms with van der Waals surface area (Å²) in [6, 6.07) is 0. The van der Waals surface area contributed by atoms with Crippen molar-refractivity contribution in [2.75, 3.05) is 11.9 Å². The third-order valence-electron chi connectivity index (χ3n) is 1.26. The van der Waals surface area contributed by atoms with Crippen molar-refractivity contribution < 1.29 is 5.11 Å². The van der Waals surface area contributed by atoms with Gasteiger partial charge in [-0.3, -0.25) is 0 Å². The van der Waals surface area contributed by atoms with Gasteiger partial charge >= 0.3 is 0 Å². The first-order valence-electron chi connectivity index (χ1n) is 3.90. The van der Waals surface area contributed by atoms with Crippen molar-refractivity contribution >= 4 is 29.2 Å². The van der Waals surface area contributed by atoms with E-state index >= 15 is 0 Å². The van der Waals surface area contributed by atoms with Crippen LogP contribution in [0.2, 0.25) is 10.6 Å². The molecule has 0 saturated carbocycles. The molecular formula is C7H10Cl2N4O. The monoisotopic (exact) mass is 236 g/mol. The van der Waals surface area contributed by atoms with E-state index < -0.39 is 5.60 Å². The summed E-state index contributed by atoms with van der Waals surface area (Å²) in [5.41, 5.74) is -0.856. The van der Waals surface area contributed by atoms with Crippen LogP contribution in [0.1, 0.15) is 13.8 Å². The van der Waals surface area contributed by atoms with Crippen molar-refractivity contribution in [2.45, 2.75) is 19.4 Å². The molecule has 0 amide bonds. The summed E-state index contributed by atoms with van der Waals surface area (Å²) in [4.78, 5) is 11.1. The number of aromatic nitrogens is 3. The molecular weight excluding hydrogens is 227 g/mol. The summed E-state index contributed by atoms with van der Waals surface area (Å²) in [5.74, 6) is 0.247. The quantitative estimate of drug-likeness (QED) is 0.830. The Kier molecular flexibility index (Phi) is 3.47. The van der Waals surface area contributed by atoms with E-state index in [1.54, 1.807) is 13.8 Å². The Morgan fingerprint density at radius 2 is 1.71 bits per heavy atom. The van der Waals surface area contributed by atoms with Crippen LogP contribution in [-0.4, -0.2) is 32.2 Å². The molecule has 0 bridgehead atoms. The van der Waals surface area contributed by atoms with Gasteiger partial charge in [-0.15, -0.1) is 0 Å². The molecule has 1 aromatic heterocycles. The Morgan fingerprint density at radius 1 is 1.21 bits per heavy atom. The molecule has 0 radical (unpaired) electrons. The lowest BCUT2D eigenvalue weighted by molar-refractivity contribution is 0.0943. The van der Waals surface area contributed by atoms with Crippen molar-refractivity contribution in [3.63, 3.8) is 0 Å². The Morgan fingerprint density at radius 3 is 2.14 bits per heavy atom. The maximum atomic E-state index is 9.42. The van der Waals surface area contributed by atoms with Gasteiger partial charge in [-0.25, -0.2) is 0 Å². The lowest BCUT2D eigenvalue weighted by Gasteiger charge is -2.17. The lowest BCUT2D eigenvalue weighted by atomic mass is 10.1. The molecule has 0 aliphatic carbocycles. The molecule has 5 nitrogen and oxygen atoms in total. The maximum absolute atomic E-state index is 9.42. The second-order valence-electron chi connectivity index (χ2n) is 3.36. The molecule has 7 heteroatoms. The first-order chi connectivity index (χ1) is 6.37. The van der Waals surface area contributed by atoms with Gasteiger partial charge in [-0.05, 0) is 37.0 Å². The number of nitrogens with zero attached hydrogens (tertiary/aromatic N) is 3. The Balaban J connectivity index is 2.68. The number of rotatable bonds is 3. The van der Waals surface area contributed by atoms with Crippen molar-refractivity contribution in [2.24, 2.45) is 0 Å². The zero-order valence-electron chi connectivity index (χ0n) is 7.75. The van der Waals surface area contributed by atoms with Gasteiger partial charge in [0.25, 0.3) is 0 Å². The first-order valence-corrected chi connectivity index (χ1v) is 4.66. The molecule has 2 N–H and O–H groups in total. The van der Waals surface area contributed by atoms with Crippen LogP contribution in [0, 0.1) is 0 Å². The fourth-order valence-corrected chi connectivity index (χ4v) is 1.06. The molecule has 0 atom stereocenters. The normalized spacial score (nSPS) is 11.5. The number of hydrogen-bond acceptors (Lipinski definition) is 5. The Bertz CT molecular complexity index is 306. The van der Waals surface area contributed by atoms with Crippen molar-refractivity contribution in [3.8, 4) is 0 Å². The standard InChI is InChI=1S/C7H10Cl2N4O/c1-7(2,14)3-10-6-12-4(8)11-5(9)13-6/h14H,3H2,1-2H3,(H,10,11,12,13). The fourth-order valence-electron chi connectivity index (χ4n) is 0.700. The molecule has 0 saturated heterocycles. The number of aliphatic hydroxyl groups is 1. The predicted molar refractivity (Wildman–Crippen MR) is 54.6 cm³/mol. The van der Waals surface area contributed by atoms with Gasteiger partial charge in [0, 0.05) is 6.54 Å². The zero-order chi connectivity index (χ0) is 10.8. The average Bonchev–Trinajstić information content (AvgIpc) is 1.97. The number of anilines is 1. The smallest absolute Gasteiger partial charge is 0.228 e. The second-order valence-corrected chi connectivity index (χ2v) is 4.04. The van der Waals surface area contributed by atoms with Crippen LogP contribution in [0.25, 0.3) is 0 Å². The number of halogens is 2. The molecule has 14 heavy (non-hydrogen) atoms. The first kappa shape index (κ1) is 11.4. The molecule has 1 rings (SSSR count). The van der Waals surface area contributed by atoms with E-state index in [1.165, 1.54) is 0 Å². The topological polar surface area (TPSA) is 70.9 Å². The highest BCUT2D eigenvalue weighted by Gasteiger charge is 2.13. The fraction of sp³-hybridized carbons (Fsp3) is 0.571. The largest absolute Gasteiger partial charge is 0.389 e. The third kappa shape index (κ3) is 4.04. The summed E-state index contributed by atoms with van der Waals surface area (Å²) in [6.07, 6.45) is 0. The molecule has 78 valence electrons. The molecule has 1 aromatic rings. The highest BCUT2D eigenvalue weighted by atomic mass is 35.5. The van der Waals surface area contributed by atoms with Crippen LogP contribution >= 0.6 is 23.2 Å². The summed E-state index contributed by atoms with van der Waals surface area (Å²) >= 11 is 11.1. The van der Waals surface area contributed by atoms with Crippen LogP contribution in [-0.2, 0) is 0 Å². The van der Waals surface area contributed by atoms with E-state index in [4.69, 9.17) is 23.2 Å². The van der Waals surface area contributed by atoms with E-state index in [9.17, 15) is 5.11 Å². The SMILES string of the molecule is CC(C)(O)CNc1nc(Cl)nc(Cl)n1. The van der Waals surface area contributed by atoms with Gasteiger partial charge in [0.1, 0.15) is 0 Å². The van der Waals surface area contributed by atoms with Crippen LogP contribution in [0.3, 0.4) is 0 Å². The van der Waals surface area contributed by atoms with E-state index in [1.807, 2.05) is 0 Å². The minimum absolute atomic E-state index is 0.0169. The molecule has 1 heterocycles. The molecule has 0 aliphatic heterocycles. The van der Waals surface area contributed by atoms with Crippen LogP contribution < -0.4 is 5.32 Å². The molecule has 0 aliphatic rings. The van der Waals surface area contributed by atoms with Crippen LogP contribution in [0.15, 0.2) is 0 Å². The summed E-state index contributed by atoms with van der Waals surface area (Å²) < 4.78 is 0. The van der Waals surface area contributed by atoms with Gasteiger partial charge < -0.3 is 10.4 Å². The van der Waals surface area contributed by atoms with Crippen molar-refractivity contribution in [3.05, 3.63) is 10.6 Å². The molecule has 0 unspecified atom stereocenters. The van der Waals surface area contributed by atoms with Crippen molar-refractivity contribution in [1.29, 1.82) is 0 Å². The van der Waals surface area contributed by atoms with Gasteiger partial charge in [-0.1, -0.05) is 0 Å². The van der Waals surface area contributed by atoms with Gasteiger partial charge in [0.15, 0.2) is 0 Å². The Labute approximate surface area is 91.5 Å². The molecule has 0 fully saturated rings. The highest BCUT2D eigenvalue weighted by Crippen LogP contribution is 2.10. The van der Waals surface area contributed by atoms with Crippen LogP contribution in [0.5, 0.6) is 0 Å².